The molecule has 0 aliphatic carbocycles. The third-order valence-corrected chi connectivity index (χ3v) is 2.84. The minimum atomic E-state index is -0.0436. The predicted octanol–water partition coefficient (Wildman–Crippen LogP) is 3.61. The van der Waals surface area contributed by atoms with Crippen LogP contribution in [-0.2, 0) is 0 Å². The van der Waals surface area contributed by atoms with Crippen LogP contribution in [0.2, 0.25) is 5.15 Å². The first-order valence-electron chi connectivity index (χ1n) is 5.33. The summed E-state index contributed by atoms with van der Waals surface area (Å²) in [4.78, 5) is 3.99. The van der Waals surface area contributed by atoms with Gasteiger partial charge < -0.3 is 10.4 Å². The maximum atomic E-state index is 9.74. The number of anilines is 1. The maximum Gasteiger partial charge on any atom is 0.152 e. The summed E-state index contributed by atoms with van der Waals surface area (Å²) in [6.07, 6.45) is 1.64. The lowest BCUT2D eigenvalue weighted by Gasteiger charge is -2.17. The van der Waals surface area contributed by atoms with Gasteiger partial charge >= 0.3 is 0 Å². The maximum absolute atomic E-state index is 9.74. The second-order valence-corrected chi connectivity index (χ2v) is 4.12. The number of benzene rings is 1. The minimum Gasteiger partial charge on any atom is -0.508 e. The fourth-order valence-electron chi connectivity index (χ4n) is 1.66. The summed E-state index contributed by atoms with van der Waals surface area (Å²) < 4.78 is 0. The Labute approximate surface area is 105 Å². The van der Waals surface area contributed by atoms with Crippen LogP contribution in [0, 0.1) is 0 Å². The van der Waals surface area contributed by atoms with Crippen LogP contribution in [0.25, 0.3) is 0 Å². The van der Waals surface area contributed by atoms with Gasteiger partial charge in [-0.3, -0.25) is 0 Å². The van der Waals surface area contributed by atoms with Crippen molar-refractivity contribution in [1.82, 2.24) is 4.98 Å². The Balaban J connectivity index is 2.20. The van der Waals surface area contributed by atoms with Crippen molar-refractivity contribution in [1.29, 1.82) is 0 Å². The number of hydrogen-bond acceptors (Lipinski definition) is 3. The van der Waals surface area contributed by atoms with Crippen molar-refractivity contribution in [3.63, 3.8) is 0 Å². The Kier molecular flexibility index (Phi) is 3.49. The number of aromatic nitrogens is 1. The van der Waals surface area contributed by atoms with Crippen LogP contribution in [0.15, 0.2) is 42.6 Å². The van der Waals surface area contributed by atoms with Gasteiger partial charge in [0.25, 0.3) is 0 Å². The first-order valence-corrected chi connectivity index (χ1v) is 5.71. The molecule has 0 spiro atoms. The molecule has 3 nitrogen and oxygen atoms in total. The zero-order chi connectivity index (χ0) is 12.3. The molecule has 0 saturated carbocycles. The molecule has 1 unspecified atom stereocenters. The molecule has 88 valence electrons. The molecule has 0 amide bonds. The van der Waals surface area contributed by atoms with Gasteiger partial charge in [0.2, 0.25) is 0 Å². The summed E-state index contributed by atoms with van der Waals surface area (Å²) in [5, 5.41) is 13.4. The topological polar surface area (TPSA) is 45.2 Å². The van der Waals surface area contributed by atoms with Crippen LogP contribution >= 0.6 is 11.6 Å². The van der Waals surface area contributed by atoms with Crippen molar-refractivity contribution < 1.29 is 5.11 Å². The second-order valence-electron chi connectivity index (χ2n) is 3.77. The molecule has 1 aromatic heterocycles. The molecule has 0 saturated heterocycles. The molecule has 1 heterocycles. The number of phenols is 1. The van der Waals surface area contributed by atoms with E-state index in [1.807, 2.05) is 31.2 Å². The van der Waals surface area contributed by atoms with Gasteiger partial charge in [-0.2, -0.15) is 0 Å². The summed E-state index contributed by atoms with van der Waals surface area (Å²) in [7, 11) is 0. The molecular weight excluding hydrogens is 236 g/mol. The number of nitrogens with zero attached hydrogens (tertiary/aromatic N) is 1. The second kappa shape index (κ2) is 5.06. The smallest absolute Gasteiger partial charge is 0.152 e. The molecule has 2 N–H and O–H groups in total. The average molecular weight is 249 g/mol. The lowest BCUT2D eigenvalue weighted by atomic mass is 10.1. The van der Waals surface area contributed by atoms with Gasteiger partial charge in [-0.1, -0.05) is 29.8 Å². The Morgan fingerprint density at radius 2 is 2.00 bits per heavy atom. The molecule has 17 heavy (non-hydrogen) atoms. The number of rotatable bonds is 3. The largest absolute Gasteiger partial charge is 0.508 e. The molecule has 0 aliphatic rings. The third kappa shape index (κ3) is 2.68. The zero-order valence-electron chi connectivity index (χ0n) is 9.39. The summed E-state index contributed by atoms with van der Waals surface area (Å²) in [6, 6.07) is 10.8. The number of para-hydroxylation sites is 1. The Hall–Kier alpha value is -1.74. The summed E-state index contributed by atoms with van der Waals surface area (Å²) in [5.41, 5.74) is 1.58. The van der Waals surface area contributed by atoms with Gasteiger partial charge in [0.15, 0.2) is 5.15 Å². The van der Waals surface area contributed by atoms with Crippen molar-refractivity contribution in [2.45, 2.75) is 13.0 Å². The quantitative estimate of drug-likeness (QED) is 0.816. The normalized spacial score (nSPS) is 12.1. The average Bonchev–Trinajstić information content (AvgIpc) is 2.32. The molecule has 1 atom stereocenters. The van der Waals surface area contributed by atoms with E-state index in [1.165, 1.54) is 0 Å². The highest BCUT2D eigenvalue weighted by Crippen LogP contribution is 2.28. The number of hydrogen-bond donors (Lipinski definition) is 2. The number of aromatic hydroxyl groups is 1. The molecule has 0 bridgehead atoms. The molecule has 0 radical (unpaired) electrons. The summed E-state index contributed by atoms with van der Waals surface area (Å²) >= 11 is 5.96. The van der Waals surface area contributed by atoms with Gasteiger partial charge in [-0.25, -0.2) is 4.98 Å². The van der Waals surface area contributed by atoms with E-state index in [-0.39, 0.29) is 11.8 Å². The first-order chi connectivity index (χ1) is 8.18. The highest BCUT2D eigenvalue weighted by molar-refractivity contribution is 6.31. The number of halogens is 1. The lowest BCUT2D eigenvalue weighted by molar-refractivity contribution is 0.465. The fourth-order valence-corrected chi connectivity index (χ4v) is 1.83. The monoisotopic (exact) mass is 248 g/mol. The third-order valence-electron chi connectivity index (χ3n) is 2.53. The summed E-state index contributed by atoms with van der Waals surface area (Å²) in [5.74, 6) is 0.271. The standard InChI is InChI=1S/C13H13ClN2O/c1-9(10-5-2-3-7-12(10)17)16-11-6-4-8-15-13(11)14/h2-9,16-17H,1H3. The lowest BCUT2D eigenvalue weighted by Crippen LogP contribution is -2.07. The van der Waals surface area contributed by atoms with E-state index in [0.717, 1.165) is 11.3 Å². The molecule has 1 aromatic carbocycles. The van der Waals surface area contributed by atoms with Crippen molar-refractivity contribution in [2.75, 3.05) is 5.32 Å². The molecule has 4 heteroatoms. The van der Waals surface area contributed by atoms with E-state index < -0.39 is 0 Å². The number of phenolic OH excluding ortho intramolecular Hbond substituents is 1. The molecular formula is C13H13ClN2O. The van der Waals surface area contributed by atoms with E-state index in [0.29, 0.717) is 5.15 Å². The van der Waals surface area contributed by atoms with E-state index >= 15 is 0 Å². The minimum absolute atomic E-state index is 0.0436. The van der Waals surface area contributed by atoms with E-state index in [2.05, 4.69) is 10.3 Å². The van der Waals surface area contributed by atoms with Crippen LogP contribution < -0.4 is 5.32 Å². The highest BCUT2D eigenvalue weighted by atomic mass is 35.5. The molecule has 2 aromatic rings. The Morgan fingerprint density at radius 1 is 1.24 bits per heavy atom. The molecule has 0 fully saturated rings. The zero-order valence-corrected chi connectivity index (χ0v) is 10.1. The van der Waals surface area contributed by atoms with Crippen LogP contribution in [0.4, 0.5) is 5.69 Å². The van der Waals surface area contributed by atoms with E-state index in [9.17, 15) is 5.11 Å². The predicted molar refractivity (Wildman–Crippen MR) is 69.4 cm³/mol. The van der Waals surface area contributed by atoms with E-state index in [4.69, 9.17) is 11.6 Å². The van der Waals surface area contributed by atoms with Gasteiger partial charge in [-0.15, -0.1) is 0 Å². The molecule has 0 aliphatic heterocycles. The Bertz CT molecular complexity index is 516. The van der Waals surface area contributed by atoms with Gasteiger partial charge in [-0.05, 0) is 25.1 Å². The highest BCUT2D eigenvalue weighted by Gasteiger charge is 2.10. The van der Waals surface area contributed by atoms with Crippen molar-refractivity contribution in [2.24, 2.45) is 0 Å². The van der Waals surface area contributed by atoms with Gasteiger partial charge in [0, 0.05) is 11.8 Å². The van der Waals surface area contributed by atoms with Crippen molar-refractivity contribution >= 4 is 17.3 Å². The van der Waals surface area contributed by atoms with Crippen molar-refractivity contribution in [3.05, 3.63) is 53.3 Å². The first kappa shape index (κ1) is 11.7. The fraction of sp³-hybridized carbons (Fsp3) is 0.154. The number of pyridine rings is 1. The molecule has 2 rings (SSSR count). The van der Waals surface area contributed by atoms with Gasteiger partial charge in [0.1, 0.15) is 5.75 Å². The van der Waals surface area contributed by atoms with Crippen LogP contribution in [0.1, 0.15) is 18.5 Å². The van der Waals surface area contributed by atoms with Crippen LogP contribution in [0.3, 0.4) is 0 Å². The van der Waals surface area contributed by atoms with Crippen LogP contribution in [-0.4, -0.2) is 10.1 Å². The Morgan fingerprint density at radius 3 is 2.71 bits per heavy atom. The van der Waals surface area contributed by atoms with E-state index in [1.54, 1.807) is 18.3 Å². The van der Waals surface area contributed by atoms with Gasteiger partial charge in [0.05, 0.1) is 11.7 Å². The summed E-state index contributed by atoms with van der Waals surface area (Å²) in [6.45, 7) is 1.96. The number of nitrogens with one attached hydrogen (secondary N) is 1. The SMILES string of the molecule is CC(Nc1cccnc1Cl)c1ccccc1O. The van der Waals surface area contributed by atoms with Crippen LogP contribution in [0.5, 0.6) is 5.75 Å². The van der Waals surface area contributed by atoms with Crippen molar-refractivity contribution in [3.8, 4) is 5.75 Å².